The number of benzene rings is 2. The van der Waals surface area contributed by atoms with Crippen molar-refractivity contribution >= 4 is 21.7 Å². The van der Waals surface area contributed by atoms with E-state index >= 15 is 0 Å². The van der Waals surface area contributed by atoms with Crippen molar-refractivity contribution in [2.24, 2.45) is 0 Å². The molecular formula is C15H10BrFO3. The fraction of sp³-hybridized carbons (Fsp3) is 0.133. The summed E-state index contributed by atoms with van der Waals surface area (Å²) in [6.07, 6.45) is 0. The number of fused-ring (bicyclic) bond motifs is 1. The Kier molecular flexibility index (Phi) is 3.44. The molecule has 20 heavy (non-hydrogen) atoms. The Labute approximate surface area is 123 Å². The molecule has 1 aliphatic heterocycles. The van der Waals surface area contributed by atoms with E-state index in [0.29, 0.717) is 34.7 Å². The van der Waals surface area contributed by atoms with Crippen LogP contribution in [0.15, 0.2) is 40.9 Å². The zero-order valence-corrected chi connectivity index (χ0v) is 11.9. The summed E-state index contributed by atoms with van der Waals surface area (Å²) >= 11 is 3.16. The Morgan fingerprint density at radius 3 is 2.55 bits per heavy atom. The summed E-state index contributed by atoms with van der Waals surface area (Å²) in [6.45, 7) is 0.929. The van der Waals surface area contributed by atoms with Crippen molar-refractivity contribution in [1.82, 2.24) is 0 Å². The molecule has 0 unspecified atom stereocenters. The van der Waals surface area contributed by atoms with Crippen LogP contribution in [0.1, 0.15) is 15.9 Å². The van der Waals surface area contributed by atoms with Gasteiger partial charge in [0.2, 0.25) is 0 Å². The summed E-state index contributed by atoms with van der Waals surface area (Å²) in [6, 6.07) is 9.21. The average molecular weight is 337 g/mol. The van der Waals surface area contributed by atoms with Crippen molar-refractivity contribution < 1.29 is 18.7 Å². The van der Waals surface area contributed by atoms with Crippen molar-refractivity contribution in [3.05, 3.63) is 57.8 Å². The fourth-order valence-electron chi connectivity index (χ4n) is 2.01. The normalized spacial score (nSPS) is 13.1. The molecule has 0 bridgehead atoms. The molecule has 2 aromatic rings. The van der Waals surface area contributed by atoms with Crippen LogP contribution >= 0.6 is 15.9 Å². The van der Waals surface area contributed by atoms with Gasteiger partial charge in [-0.05, 0) is 36.4 Å². The smallest absolute Gasteiger partial charge is 0.196 e. The van der Waals surface area contributed by atoms with Crippen molar-refractivity contribution in [3.8, 4) is 11.5 Å². The zero-order chi connectivity index (χ0) is 14.1. The second kappa shape index (κ2) is 5.25. The van der Waals surface area contributed by atoms with Gasteiger partial charge in [-0.2, -0.15) is 0 Å². The number of carbonyl (C=O) groups excluding carboxylic acids is 1. The third-order valence-electron chi connectivity index (χ3n) is 2.98. The molecule has 0 saturated heterocycles. The van der Waals surface area contributed by atoms with E-state index in [1.165, 1.54) is 12.1 Å². The Bertz CT molecular complexity index is 685. The van der Waals surface area contributed by atoms with Gasteiger partial charge in [-0.15, -0.1) is 0 Å². The van der Waals surface area contributed by atoms with Crippen LogP contribution in [0.5, 0.6) is 11.5 Å². The molecule has 0 saturated carbocycles. The standard InChI is InChI=1S/C15H10BrFO3/c16-10-2-3-11(12(17)8-10)15(18)9-1-4-13-14(7-9)20-6-5-19-13/h1-4,7-8H,5-6H2. The number of hydrogen-bond acceptors (Lipinski definition) is 3. The molecule has 2 aromatic carbocycles. The van der Waals surface area contributed by atoms with Crippen LogP contribution in [0.3, 0.4) is 0 Å². The molecule has 0 N–H and O–H groups in total. The van der Waals surface area contributed by atoms with Crippen LogP contribution in [0.2, 0.25) is 0 Å². The summed E-state index contributed by atoms with van der Waals surface area (Å²) < 4.78 is 25.2. The molecule has 0 radical (unpaired) electrons. The molecule has 0 fully saturated rings. The Balaban J connectivity index is 1.98. The van der Waals surface area contributed by atoms with Gasteiger partial charge in [0.05, 0.1) is 5.56 Å². The van der Waals surface area contributed by atoms with Crippen LogP contribution in [0.25, 0.3) is 0 Å². The maximum Gasteiger partial charge on any atom is 0.196 e. The van der Waals surface area contributed by atoms with Gasteiger partial charge in [0.1, 0.15) is 19.0 Å². The number of ether oxygens (including phenoxy) is 2. The van der Waals surface area contributed by atoms with Gasteiger partial charge in [-0.1, -0.05) is 15.9 Å². The predicted molar refractivity (Wildman–Crippen MR) is 75.0 cm³/mol. The summed E-state index contributed by atoms with van der Waals surface area (Å²) in [7, 11) is 0. The van der Waals surface area contributed by atoms with Gasteiger partial charge in [0.25, 0.3) is 0 Å². The first kappa shape index (κ1) is 13.1. The highest BCUT2D eigenvalue weighted by atomic mass is 79.9. The lowest BCUT2D eigenvalue weighted by Crippen LogP contribution is -2.16. The summed E-state index contributed by atoms with van der Waals surface area (Å²) in [4.78, 5) is 12.3. The van der Waals surface area contributed by atoms with Crippen LogP contribution in [0, 0.1) is 5.82 Å². The third kappa shape index (κ3) is 2.41. The second-order valence-corrected chi connectivity index (χ2v) is 5.23. The van der Waals surface area contributed by atoms with Gasteiger partial charge in [-0.3, -0.25) is 4.79 Å². The maximum absolute atomic E-state index is 13.8. The molecular weight excluding hydrogens is 327 g/mol. The Morgan fingerprint density at radius 2 is 1.80 bits per heavy atom. The number of hydrogen-bond donors (Lipinski definition) is 0. The van der Waals surface area contributed by atoms with E-state index in [9.17, 15) is 9.18 Å². The Morgan fingerprint density at radius 1 is 1.05 bits per heavy atom. The van der Waals surface area contributed by atoms with Crippen LogP contribution in [-0.4, -0.2) is 19.0 Å². The van der Waals surface area contributed by atoms with Gasteiger partial charge < -0.3 is 9.47 Å². The highest BCUT2D eigenvalue weighted by Crippen LogP contribution is 2.31. The molecule has 3 nitrogen and oxygen atoms in total. The second-order valence-electron chi connectivity index (χ2n) is 4.31. The molecule has 1 aliphatic rings. The topological polar surface area (TPSA) is 35.5 Å². The van der Waals surface area contributed by atoms with Crippen molar-refractivity contribution in [1.29, 1.82) is 0 Å². The van der Waals surface area contributed by atoms with Crippen molar-refractivity contribution in [2.75, 3.05) is 13.2 Å². The van der Waals surface area contributed by atoms with E-state index in [1.807, 2.05) is 0 Å². The highest BCUT2D eigenvalue weighted by molar-refractivity contribution is 9.10. The number of rotatable bonds is 2. The monoisotopic (exact) mass is 336 g/mol. The minimum atomic E-state index is -0.556. The molecule has 0 aromatic heterocycles. The van der Waals surface area contributed by atoms with Crippen molar-refractivity contribution in [2.45, 2.75) is 0 Å². The van der Waals surface area contributed by atoms with Gasteiger partial charge in [0.15, 0.2) is 17.3 Å². The lowest BCUT2D eigenvalue weighted by molar-refractivity contribution is 0.103. The van der Waals surface area contributed by atoms with E-state index in [1.54, 1.807) is 24.3 Å². The lowest BCUT2D eigenvalue weighted by atomic mass is 10.0. The first-order valence-corrected chi connectivity index (χ1v) is 6.84. The minimum Gasteiger partial charge on any atom is -0.486 e. The molecule has 5 heteroatoms. The first-order valence-electron chi connectivity index (χ1n) is 6.04. The van der Waals surface area contributed by atoms with Crippen LogP contribution < -0.4 is 9.47 Å². The first-order chi connectivity index (χ1) is 9.65. The predicted octanol–water partition coefficient (Wildman–Crippen LogP) is 3.59. The van der Waals surface area contributed by atoms with Crippen LogP contribution in [0.4, 0.5) is 4.39 Å². The summed E-state index contributed by atoms with van der Waals surface area (Å²) in [5.41, 5.74) is 0.403. The third-order valence-corrected chi connectivity index (χ3v) is 3.47. The molecule has 0 spiro atoms. The maximum atomic E-state index is 13.8. The summed E-state index contributed by atoms with van der Waals surface area (Å²) in [5.74, 6) is 0.176. The zero-order valence-electron chi connectivity index (χ0n) is 10.4. The summed E-state index contributed by atoms with van der Waals surface area (Å²) in [5, 5.41) is 0. The number of halogens is 2. The fourth-order valence-corrected chi connectivity index (χ4v) is 2.35. The van der Waals surface area contributed by atoms with E-state index in [4.69, 9.17) is 9.47 Å². The van der Waals surface area contributed by atoms with E-state index in [0.717, 1.165) is 0 Å². The van der Waals surface area contributed by atoms with Gasteiger partial charge in [0, 0.05) is 10.0 Å². The molecule has 3 rings (SSSR count). The Hall–Kier alpha value is -1.88. The number of carbonyl (C=O) groups is 1. The van der Waals surface area contributed by atoms with Crippen molar-refractivity contribution in [3.63, 3.8) is 0 Å². The average Bonchev–Trinajstić information content (AvgIpc) is 2.46. The van der Waals surface area contributed by atoms with E-state index in [2.05, 4.69) is 15.9 Å². The van der Waals surface area contributed by atoms with E-state index in [-0.39, 0.29) is 11.3 Å². The van der Waals surface area contributed by atoms with E-state index < -0.39 is 5.82 Å². The largest absolute Gasteiger partial charge is 0.486 e. The van der Waals surface area contributed by atoms with Gasteiger partial charge >= 0.3 is 0 Å². The molecule has 0 amide bonds. The lowest BCUT2D eigenvalue weighted by Gasteiger charge is -2.18. The van der Waals surface area contributed by atoms with Gasteiger partial charge in [-0.25, -0.2) is 4.39 Å². The highest BCUT2D eigenvalue weighted by Gasteiger charge is 2.18. The SMILES string of the molecule is O=C(c1ccc2c(c1)OCCO2)c1ccc(Br)cc1F. The molecule has 0 atom stereocenters. The minimum absolute atomic E-state index is 0.0323. The quantitative estimate of drug-likeness (QED) is 0.786. The number of ketones is 1. The molecule has 0 aliphatic carbocycles. The molecule has 102 valence electrons. The van der Waals surface area contributed by atoms with Crippen LogP contribution in [-0.2, 0) is 0 Å². The molecule has 1 heterocycles.